The molecule has 2 aromatic carbocycles. The molecule has 2 nitrogen and oxygen atoms in total. The fraction of sp³-hybridized carbons (Fsp3) is 0.419. The van der Waals surface area contributed by atoms with Crippen LogP contribution in [0.15, 0.2) is 61.2 Å². The van der Waals surface area contributed by atoms with Crippen molar-refractivity contribution in [2.75, 3.05) is 0 Å². The van der Waals surface area contributed by atoms with Crippen molar-refractivity contribution < 1.29 is 13.9 Å². The van der Waals surface area contributed by atoms with E-state index in [4.69, 9.17) is 0 Å². The van der Waals surface area contributed by atoms with Gasteiger partial charge in [-0.05, 0) is 65.8 Å². The van der Waals surface area contributed by atoms with E-state index in [2.05, 4.69) is 44.9 Å². The first kappa shape index (κ1) is 25.2. The normalized spacial score (nSPS) is 17.8. The maximum Gasteiger partial charge on any atom is 0.270 e. The Labute approximate surface area is 208 Å². The third-order valence-electron chi connectivity index (χ3n) is 8.53. The maximum absolute atomic E-state index is 13.9. The summed E-state index contributed by atoms with van der Waals surface area (Å²) in [6, 6.07) is 16.6. The van der Waals surface area contributed by atoms with Gasteiger partial charge in [-0.15, -0.1) is 0 Å². The summed E-state index contributed by atoms with van der Waals surface area (Å²) in [6.07, 6.45) is 4.23. The number of fused-ring (bicyclic) bond motifs is 1. The number of aliphatic hydroxyl groups is 1. The monoisotopic (exact) mass is 477 g/mol. The lowest BCUT2D eigenvalue weighted by atomic mass is 9.62. The molecule has 0 amide bonds. The van der Waals surface area contributed by atoms with Crippen LogP contribution in [-0.4, -0.2) is 9.67 Å². The first-order valence-corrected chi connectivity index (χ1v) is 12.7. The molecule has 1 aliphatic carbocycles. The van der Waals surface area contributed by atoms with E-state index >= 15 is 0 Å². The van der Waals surface area contributed by atoms with Gasteiger partial charge in [0.1, 0.15) is 5.76 Å². The molecule has 186 valence electrons. The molecule has 1 heterocycles. The number of aromatic nitrogens is 1. The van der Waals surface area contributed by atoms with Gasteiger partial charge in [0.25, 0.3) is 5.92 Å². The molecule has 0 spiro atoms. The Balaban J connectivity index is 1.85. The molecule has 0 saturated carbocycles. The molecule has 2 unspecified atom stereocenters. The van der Waals surface area contributed by atoms with Crippen LogP contribution in [0.2, 0.25) is 0 Å². The molecule has 35 heavy (non-hydrogen) atoms. The highest BCUT2D eigenvalue weighted by Gasteiger charge is 2.38. The van der Waals surface area contributed by atoms with Crippen LogP contribution in [0.3, 0.4) is 0 Å². The molecule has 0 bridgehead atoms. The fourth-order valence-electron chi connectivity index (χ4n) is 5.73. The van der Waals surface area contributed by atoms with Gasteiger partial charge in [0, 0.05) is 29.4 Å². The van der Waals surface area contributed by atoms with Gasteiger partial charge < -0.3 is 9.67 Å². The number of benzene rings is 2. The lowest BCUT2D eigenvalue weighted by Gasteiger charge is -2.43. The molecule has 0 fully saturated rings. The highest BCUT2D eigenvalue weighted by molar-refractivity contribution is 5.68. The van der Waals surface area contributed by atoms with E-state index in [9.17, 15) is 13.9 Å². The molecule has 4 rings (SSSR count). The number of aliphatic hydroxyl groups excluding tert-OH is 1. The molecular weight excluding hydrogens is 440 g/mol. The van der Waals surface area contributed by atoms with E-state index in [1.54, 1.807) is 12.1 Å². The number of halogens is 2. The molecule has 1 aliphatic rings. The molecule has 3 aromatic rings. The van der Waals surface area contributed by atoms with Gasteiger partial charge in [0.2, 0.25) is 0 Å². The largest absolute Gasteiger partial charge is 0.508 e. The van der Waals surface area contributed by atoms with Crippen molar-refractivity contribution >= 4 is 5.76 Å². The minimum Gasteiger partial charge on any atom is -0.508 e. The summed E-state index contributed by atoms with van der Waals surface area (Å²) in [5, 5.41) is 10.0. The average molecular weight is 478 g/mol. The van der Waals surface area contributed by atoms with Crippen molar-refractivity contribution in [1.82, 2.24) is 4.57 Å². The summed E-state index contributed by atoms with van der Waals surface area (Å²) in [7, 11) is 0. The highest BCUT2D eigenvalue weighted by Crippen LogP contribution is 2.47. The first-order chi connectivity index (χ1) is 16.5. The van der Waals surface area contributed by atoms with Crippen LogP contribution in [0.1, 0.15) is 69.8 Å². The Bertz CT molecular complexity index is 1220. The molecule has 2 atom stereocenters. The standard InChI is InChI=1S/C31H37F2NO/c1-7-30(5,20(2)3)26-15-16-28-24(17-26)19-29(22-11-13-25(14-12-22)31(6,32)33)34(28)27-10-8-9-23(18-27)21(4)35/h8-14,18-20,26,35H,4,7,15-17H2,1-3,5-6H3. The lowest BCUT2D eigenvalue weighted by molar-refractivity contribution is 0.0175. The predicted molar refractivity (Wildman–Crippen MR) is 141 cm³/mol. The molecule has 1 N–H and O–H groups in total. The number of rotatable bonds is 7. The SMILES string of the molecule is C=C(O)c1cccc(-n2c(-c3ccc(C(C)(F)F)cc3)cc3c2CCC(C(C)(CC)C(C)C)C3)c1. The van der Waals surface area contributed by atoms with E-state index in [-0.39, 0.29) is 16.7 Å². The van der Waals surface area contributed by atoms with Gasteiger partial charge in [0.05, 0.1) is 5.69 Å². The number of nitrogens with zero attached hydrogens (tertiary/aromatic N) is 1. The summed E-state index contributed by atoms with van der Waals surface area (Å²) >= 11 is 0. The molecule has 4 heteroatoms. The molecule has 0 radical (unpaired) electrons. The van der Waals surface area contributed by atoms with Crippen LogP contribution < -0.4 is 0 Å². The topological polar surface area (TPSA) is 25.2 Å². The van der Waals surface area contributed by atoms with Crippen molar-refractivity contribution in [3.05, 3.63) is 83.6 Å². The van der Waals surface area contributed by atoms with Gasteiger partial charge in [-0.2, -0.15) is 0 Å². The summed E-state index contributed by atoms with van der Waals surface area (Å²) < 4.78 is 30.0. The third kappa shape index (κ3) is 4.68. The Morgan fingerprint density at radius 3 is 2.37 bits per heavy atom. The zero-order valence-electron chi connectivity index (χ0n) is 21.5. The lowest BCUT2D eigenvalue weighted by Crippen LogP contribution is -2.36. The van der Waals surface area contributed by atoms with Crippen LogP contribution in [0.25, 0.3) is 22.7 Å². The van der Waals surface area contributed by atoms with Crippen LogP contribution in [-0.2, 0) is 18.8 Å². The molecular formula is C31H37F2NO. The second-order valence-electron chi connectivity index (χ2n) is 10.8. The third-order valence-corrected chi connectivity index (χ3v) is 8.53. The summed E-state index contributed by atoms with van der Waals surface area (Å²) in [5.41, 5.74) is 6.38. The maximum atomic E-state index is 13.9. The van der Waals surface area contributed by atoms with Crippen LogP contribution >= 0.6 is 0 Å². The van der Waals surface area contributed by atoms with Crippen molar-refractivity contribution in [2.45, 2.75) is 66.2 Å². The number of hydrogen-bond acceptors (Lipinski definition) is 1. The minimum absolute atomic E-state index is 0.0124. The van der Waals surface area contributed by atoms with Crippen molar-refractivity contribution in [3.8, 4) is 16.9 Å². The van der Waals surface area contributed by atoms with Gasteiger partial charge in [-0.25, -0.2) is 8.78 Å². The minimum atomic E-state index is -2.87. The van der Waals surface area contributed by atoms with Crippen LogP contribution in [0.5, 0.6) is 0 Å². The highest BCUT2D eigenvalue weighted by atomic mass is 19.3. The fourth-order valence-corrected chi connectivity index (χ4v) is 5.73. The van der Waals surface area contributed by atoms with E-state index in [1.165, 1.54) is 23.4 Å². The Morgan fingerprint density at radius 1 is 1.11 bits per heavy atom. The molecule has 0 aliphatic heterocycles. The van der Waals surface area contributed by atoms with E-state index in [0.29, 0.717) is 17.4 Å². The van der Waals surface area contributed by atoms with Crippen LogP contribution in [0, 0.1) is 17.3 Å². The van der Waals surface area contributed by atoms with Crippen molar-refractivity contribution in [3.63, 3.8) is 0 Å². The Morgan fingerprint density at radius 2 is 1.80 bits per heavy atom. The first-order valence-electron chi connectivity index (χ1n) is 12.7. The van der Waals surface area contributed by atoms with Gasteiger partial charge in [0.15, 0.2) is 0 Å². The Hall–Kier alpha value is -2.88. The van der Waals surface area contributed by atoms with Crippen molar-refractivity contribution in [2.24, 2.45) is 17.3 Å². The summed E-state index contributed by atoms with van der Waals surface area (Å²) in [6.45, 7) is 14.0. The van der Waals surface area contributed by atoms with Crippen LogP contribution in [0.4, 0.5) is 8.78 Å². The predicted octanol–water partition coefficient (Wildman–Crippen LogP) is 8.96. The average Bonchev–Trinajstić information content (AvgIpc) is 3.21. The molecule has 1 aromatic heterocycles. The zero-order chi connectivity index (χ0) is 25.5. The van der Waals surface area contributed by atoms with E-state index in [1.807, 2.05) is 24.3 Å². The van der Waals surface area contributed by atoms with E-state index in [0.717, 1.165) is 49.6 Å². The quantitative estimate of drug-likeness (QED) is 0.338. The second-order valence-corrected chi connectivity index (χ2v) is 10.8. The summed E-state index contributed by atoms with van der Waals surface area (Å²) in [5.74, 6) is -1.66. The van der Waals surface area contributed by atoms with Gasteiger partial charge in [-0.3, -0.25) is 0 Å². The number of alkyl halides is 2. The summed E-state index contributed by atoms with van der Waals surface area (Å²) in [4.78, 5) is 0. The zero-order valence-corrected chi connectivity index (χ0v) is 21.5. The molecule has 0 saturated heterocycles. The van der Waals surface area contributed by atoms with E-state index < -0.39 is 5.92 Å². The second kappa shape index (κ2) is 9.29. The van der Waals surface area contributed by atoms with Gasteiger partial charge >= 0.3 is 0 Å². The smallest absolute Gasteiger partial charge is 0.270 e. The Kier molecular flexibility index (Phi) is 6.70. The van der Waals surface area contributed by atoms with Crippen molar-refractivity contribution in [1.29, 1.82) is 0 Å². The van der Waals surface area contributed by atoms with Gasteiger partial charge in [-0.1, -0.05) is 77.1 Å². The number of hydrogen-bond donors (Lipinski definition) is 1.